The molecule has 2 N–H and O–H groups in total. The molecule has 78 valence electrons. The van der Waals surface area contributed by atoms with E-state index in [-0.39, 0.29) is 11.1 Å². The third-order valence-electron chi connectivity index (χ3n) is 2.00. The highest BCUT2D eigenvalue weighted by Crippen LogP contribution is 2.32. The third-order valence-corrected chi connectivity index (χ3v) is 2.00. The summed E-state index contributed by atoms with van der Waals surface area (Å²) in [5, 5.41) is 0. The molecule has 1 aromatic rings. The largest absolute Gasteiger partial charge is 0.407 e. The van der Waals surface area contributed by atoms with Crippen molar-refractivity contribution in [3.8, 4) is 0 Å². The summed E-state index contributed by atoms with van der Waals surface area (Å²) < 4.78 is 49.5. The fourth-order valence-electron chi connectivity index (χ4n) is 1.14. The molecular weight excluding hydrogens is 198 g/mol. The molecule has 0 saturated carbocycles. The van der Waals surface area contributed by atoms with Crippen molar-refractivity contribution in [1.29, 1.82) is 0 Å². The lowest BCUT2D eigenvalue weighted by atomic mass is 10.0. The molecule has 0 saturated heterocycles. The van der Waals surface area contributed by atoms with Crippen LogP contribution in [0.25, 0.3) is 0 Å². The van der Waals surface area contributed by atoms with Gasteiger partial charge in [-0.1, -0.05) is 12.1 Å². The lowest BCUT2D eigenvalue weighted by Gasteiger charge is -2.17. The van der Waals surface area contributed by atoms with Crippen LogP contribution in [0.15, 0.2) is 18.2 Å². The summed E-state index contributed by atoms with van der Waals surface area (Å²) in [6.45, 7) is 1.27. The van der Waals surface area contributed by atoms with Crippen molar-refractivity contribution < 1.29 is 17.6 Å². The van der Waals surface area contributed by atoms with E-state index in [1.165, 1.54) is 19.1 Å². The van der Waals surface area contributed by atoms with Crippen LogP contribution in [0.4, 0.5) is 17.6 Å². The van der Waals surface area contributed by atoms with E-state index in [0.717, 1.165) is 6.07 Å². The van der Waals surface area contributed by atoms with E-state index < -0.39 is 18.0 Å². The standard InChI is InChI=1S/C9H9F4N/c1-5-6(3-2-4-7(5)10)8(14)9(11,12)13/h2-4,8H,14H2,1H3. The van der Waals surface area contributed by atoms with Gasteiger partial charge in [0, 0.05) is 0 Å². The quantitative estimate of drug-likeness (QED) is 0.704. The second-order valence-corrected chi connectivity index (χ2v) is 2.97. The van der Waals surface area contributed by atoms with E-state index in [4.69, 9.17) is 5.73 Å². The van der Waals surface area contributed by atoms with Gasteiger partial charge in [-0.25, -0.2) is 4.39 Å². The van der Waals surface area contributed by atoms with Gasteiger partial charge in [-0.05, 0) is 24.1 Å². The number of hydrogen-bond donors (Lipinski definition) is 1. The summed E-state index contributed by atoms with van der Waals surface area (Å²) in [4.78, 5) is 0. The van der Waals surface area contributed by atoms with Crippen molar-refractivity contribution in [2.24, 2.45) is 5.73 Å². The highest BCUT2D eigenvalue weighted by molar-refractivity contribution is 5.30. The number of benzene rings is 1. The van der Waals surface area contributed by atoms with Crippen molar-refractivity contribution in [3.63, 3.8) is 0 Å². The molecule has 0 aliphatic heterocycles. The van der Waals surface area contributed by atoms with Crippen LogP contribution in [0.2, 0.25) is 0 Å². The molecule has 0 amide bonds. The Kier molecular flexibility index (Phi) is 2.80. The molecule has 0 heterocycles. The highest BCUT2D eigenvalue weighted by Gasteiger charge is 2.38. The molecule has 1 aromatic carbocycles. The molecule has 0 radical (unpaired) electrons. The zero-order valence-electron chi connectivity index (χ0n) is 7.40. The van der Waals surface area contributed by atoms with Crippen molar-refractivity contribution in [2.75, 3.05) is 0 Å². The zero-order chi connectivity index (χ0) is 10.9. The maximum atomic E-state index is 12.9. The lowest BCUT2D eigenvalue weighted by Crippen LogP contribution is -2.29. The maximum absolute atomic E-state index is 12.9. The number of hydrogen-bond acceptors (Lipinski definition) is 1. The van der Waals surface area contributed by atoms with Crippen LogP contribution in [0.1, 0.15) is 17.2 Å². The minimum atomic E-state index is -4.54. The summed E-state index contributed by atoms with van der Waals surface area (Å²) in [5.41, 5.74) is 4.67. The molecule has 0 fully saturated rings. The van der Waals surface area contributed by atoms with Crippen molar-refractivity contribution >= 4 is 0 Å². The van der Waals surface area contributed by atoms with Gasteiger partial charge < -0.3 is 5.73 Å². The molecule has 1 rings (SSSR count). The van der Waals surface area contributed by atoms with E-state index >= 15 is 0 Å². The topological polar surface area (TPSA) is 26.0 Å². The molecular formula is C9H9F4N. The Bertz CT molecular complexity index is 332. The number of rotatable bonds is 1. The van der Waals surface area contributed by atoms with Crippen LogP contribution >= 0.6 is 0 Å². The van der Waals surface area contributed by atoms with Crippen LogP contribution in [0.5, 0.6) is 0 Å². The van der Waals surface area contributed by atoms with Gasteiger partial charge in [0.15, 0.2) is 0 Å². The number of alkyl halides is 3. The first-order valence-corrected chi connectivity index (χ1v) is 3.91. The average Bonchev–Trinajstić information content (AvgIpc) is 2.07. The molecule has 0 aromatic heterocycles. The monoisotopic (exact) mass is 207 g/mol. The predicted octanol–water partition coefficient (Wildman–Crippen LogP) is 2.70. The summed E-state index contributed by atoms with van der Waals surface area (Å²) in [7, 11) is 0. The average molecular weight is 207 g/mol. The highest BCUT2D eigenvalue weighted by atomic mass is 19.4. The van der Waals surface area contributed by atoms with E-state index in [0.29, 0.717) is 0 Å². The minimum absolute atomic E-state index is 0.0580. The molecule has 14 heavy (non-hydrogen) atoms. The van der Waals surface area contributed by atoms with Gasteiger partial charge >= 0.3 is 6.18 Å². The van der Waals surface area contributed by atoms with Crippen LogP contribution in [-0.2, 0) is 0 Å². The molecule has 0 bridgehead atoms. The molecule has 0 spiro atoms. The summed E-state index contributed by atoms with van der Waals surface area (Å²) >= 11 is 0. The minimum Gasteiger partial charge on any atom is -0.316 e. The van der Waals surface area contributed by atoms with E-state index in [2.05, 4.69) is 0 Å². The maximum Gasteiger partial charge on any atom is 0.407 e. The Morgan fingerprint density at radius 3 is 2.36 bits per heavy atom. The Morgan fingerprint density at radius 1 is 1.29 bits per heavy atom. The summed E-state index contributed by atoms with van der Waals surface area (Å²) in [5.74, 6) is -0.679. The Hall–Kier alpha value is -1.10. The van der Waals surface area contributed by atoms with Gasteiger partial charge in [-0.15, -0.1) is 0 Å². The Balaban J connectivity index is 3.14. The van der Waals surface area contributed by atoms with Gasteiger partial charge in [0.2, 0.25) is 0 Å². The first-order valence-electron chi connectivity index (χ1n) is 3.91. The fourth-order valence-corrected chi connectivity index (χ4v) is 1.14. The van der Waals surface area contributed by atoms with Gasteiger partial charge in [-0.2, -0.15) is 13.2 Å². The number of nitrogens with two attached hydrogens (primary N) is 1. The van der Waals surface area contributed by atoms with Gasteiger partial charge in [0.05, 0.1) is 0 Å². The van der Waals surface area contributed by atoms with Crippen molar-refractivity contribution in [1.82, 2.24) is 0 Å². The smallest absolute Gasteiger partial charge is 0.316 e. The van der Waals surface area contributed by atoms with Crippen LogP contribution in [0, 0.1) is 12.7 Å². The van der Waals surface area contributed by atoms with Gasteiger partial charge in [0.1, 0.15) is 11.9 Å². The Morgan fingerprint density at radius 2 is 1.86 bits per heavy atom. The third kappa shape index (κ3) is 2.04. The first-order chi connectivity index (χ1) is 6.34. The van der Waals surface area contributed by atoms with E-state index in [9.17, 15) is 17.6 Å². The predicted molar refractivity (Wildman–Crippen MR) is 44.1 cm³/mol. The Labute approximate surface area is 78.5 Å². The van der Waals surface area contributed by atoms with Crippen LogP contribution in [-0.4, -0.2) is 6.18 Å². The van der Waals surface area contributed by atoms with Crippen LogP contribution in [0.3, 0.4) is 0 Å². The van der Waals surface area contributed by atoms with E-state index in [1.807, 2.05) is 0 Å². The normalized spacial score (nSPS) is 14.1. The van der Waals surface area contributed by atoms with Gasteiger partial charge in [0.25, 0.3) is 0 Å². The van der Waals surface area contributed by atoms with E-state index in [1.54, 1.807) is 0 Å². The SMILES string of the molecule is Cc1c(F)cccc1C(N)C(F)(F)F. The molecule has 0 aliphatic carbocycles. The summed E-state index contributed by atoms with van der Waals surface area (Å²) in [6, 6.07) is 1.36. The molecule has 1 nitrogen and oxygen atoms in total. The van der Waals surface area contributed by atoms with Crippen LogP contribution < -0.4 is 5.73 Å². The second-order valence-electron chi connectivity index (χ2n) is 2.97. The van der Waals surface area contributed by atoms with Crippen molar-refractivity contribution in [3.05, 3.63) is 35.1 Å². The molecule has 1 atom stereocenters. The molecule has 1 unspecified atom stereocenters. The zero-order valence-corrected chi connectivity index (χ0v) is 7.40. The second kappa shape index (κ2) is 3.57. The van der Waals surface area contributed by atoms with Crippen molar-refractivity contribution in [2.45, 2.75) is 19.1 Å². The number of halogens is 4. The lowest BCUT2D eigenvalue weighted by molar-refractivity contribution is -0.149. The fraction of sp³-hybridized carbons (Fsp3) is 0.333. The van der Waals surface area contributed by atoms with Gasteiger partial charge in [-0.3, -0.25) is 0 Å². The molecule has 0 aliphatic rings. The molecule has 5 heteroatoms. The first kappa shape index (κ1) is 11.0. The summed E-state index contributed by atoms with van der Waals surface area (Å²) in [6.07, 6.45) is -4.54.